The van der Waals surface area contributed by atoms with Crippen LogP contribution in [0.25, 0.3) is 10.9 Å². The molecule has 0 amide bonds. The van der Waals surface area contributed by atoms with E-state index >= 15 is 0 Å². The maximum absolute atomic E-state index is 6.51. The van der Waals surface area contributed by atoms with Crippen molar-refractivity contribution in [3.05, 3.63) is 23.3 Å². The number of benzene rings is 1. The fourth-order valence-electron chi connectivity index (χ4n) is 5.35. The molecule has 2 aromatic rings. The zero-order valence-electron chi connectivity index (χ0n) is 20.8. The molecule has 1 aromatic heterocycles. The van der Waals surface area contributed by atoms with Gasteiger partial charge in [0.15, 0.2) is 11.5 Å². The average Bonchev–Trinajstić information content (AvgIpc) is 3.28. The normalized spacial score (nSPS) is 19.5. The third-order valence-corrected chi connectivity index (χ3v) is 6.49. The largest absolute Gasteiger partial charge is 0.493 e. The van der Waals surface area contributed by atoms with Crippen molar-refractivity contribution in [2.24, 2.45) is 0 Å². The summed E-state index contributed by atoms with van der Waals surface area (Å²) in [7, 11) is 1.70. The van der Waals surface area contributed by atoms with E-state index in [1.807, 2.05) is 6.07 Å². The van der Waals surface area contributed by atoms with Gasteiger partial charge in [0.2, 0.25) is 0 Å². The zero-order chi connectivity index (χ0) is 23.1. The lowest BCUT2D eigenvalue weighted by molar-refractivity contribution is -0.104. The van der Waals surface area contributed by atoms with Crippen molar-refractivity contribution in [1.29, 1.82) is 0 Å². The molecule has 6 nitrogen and oxygen atoms in total. The van der Waals surface area contributed by atoms with Crippen molar-refractivity contribution in [3.63, 3.8) is 0 Å². The Bertz CT molecular complexity index is 978. The van der Waals surface area contributed by atoms with E-state index < -0.39 is 11.2 Å². The number of aromatic nitrogens is 1. The predicted octanol–water partition coefficient (Wildman–Crippen LogP) is 5.43. The number of methoxy groups -OCH3 is 1. The Hall–Kier alpha value is -2.05. The van der Waals surface area contributed by atoms with Gasteiger partial charge in [-0.05, 0) is 80.0 Å². The molecule has 0 saturated carbocycles. The van der Waals surface area contributed by atoms with Crippen molar-refractivity contribution in [3.8, 4) is 11.5 Å². The Morgan fingerprint density at radius 2 is 1.75 bits per heavy atom. The van der Waals surface area contributed by atoms with Crippen LogP contribution in [0, 0.1) is 0 Å². The van der Waals surface area contributed by atoms with Crippen LogP contribution < -0.4 is 14.8 Å². The number of nitrogens with one attached hydrogen (secondary N) is 1. The molecule has 4 rings (SSSR count). The second kappa shape index (κ2) is 8.71. The Morgan fingerprint density at radius 1 is 1.06 bits per heavy atom. The number of hydrogen-bond donors (Lipinski definition) is 1. The minimum atomic E-state index is -0.435. The highest BCUT2D eigenvalue weighted by atomic mass is 16.5. The van der Waals surface area contributed by atoms with Crippen LogP contribution in [0.4, 0.5) is 5.82 Å². The van der Waals surface area contributed by atoms with Crippen LogP contribution in [0.5, 0.6) is 11.5 Å². The van der Waals surface area contributed by atoms with Gasteiger partial charge in [-0.2, -0.15) is 0 Å². The number of rotatable bonds is 8. The van der Waals surface area contributed by atoms with E-state index in [0.717, 1.165) is 46.7 Å². The standard InChI is InChI=1S/C26H39N3O3/c1-17(2)27-24-23-22(25(3,4)32-26(23,5)6)18-15-20(30-7)21(16-19(18)28-24)31-14-10-13-29-11-8-9-12-29/h15-17H,8-14H2,1-7H3,(H,27,28). The van der Waals surface area contributed by atoms with Crippen molar-refractivity contribution < 1.29 is 14.2 Å². The quantitative estimate of drug-likeness (QED) is 0.552. The highest BCUT2D eigenvalue weighted by Gasteiger charge is 2.46. The molecule has 1 fully saturated rings. The average molecular weight is 442 g/mol. The van der Waals surface area contributed by atoms with Crippen molar-refractivity contribution in [2.75, 3.05) is 38.7 Å². The lowest BCUT2D eigenvalue weighted by Crippen LogP contribution is -2.23. The van der Waals surface area contributed by atoms with Gasteiger partial charge < -0.3 is 24.4 Å². The molecule has 2 aliphatic heterocycles. The number of likely N-dealkylation sites (tertiary alicyclic amines) is 1. The van der Waals surface area contributed by atoms with Crippen molar-refractivity contribution in [2.45, 2.75) is 78.0 Å². The van der Waals surface area contributed by atoms with E-state index in [1.54, 1.807) is 7.11 Å². The van der Waals surface area contributed by atoms with Crippen molar-refractivity contribution in [1.82, 2.24) is 9.88 Å². The Balaban J connectivity index is 1.71. The molecule has 1 N–H and O–H groups in total. The van der Waals surface area contributed by atoms with Gasteiger partial charge in [0.25, 0.3) is 0 Å². The first-order chi connectivity index (χ1) is 15.1. The number of hydrogen-bond acceptors (Lipinski definition) is 6. The lowest BCUT2D eigenvalue weighted by Gasteiger charge is -2.25. The molecule has 32 heavy (non-hydrogen) atoms. The second-order valence-electron chi connectivity index (χ2n) is 10.4. The molecule has 0 spiro atoms. The Kier molecular flexibility index (Phi) is 6.29. The van der Waals surface area contributed by atoms with Crippen molar-refractivity contribution >= 4 is 16.7 Å². The molecule has 2 aliphatic rings. The van der Waals surface area contributed by atoms with Crippen LogP contribution >= 0.6 is 0 Å². The van der Waals surface area contributed by atoms with E-state index in [1.165, 1.54) is 31.5 Å². The first kappa shape index (κ1) is 23.1. The summed E-state index contributed by atoms with van der Waals surface area (Å²) in [6.45, 7) is 17.0. The van der Waals surface area contributed by atoms with Crippen LogP contribution in [0.2, 0.25) is 0 Å². The van der Waals surface area contributed by atoms with E-state index in [2.05, 4.69) is 57.8 Å². The third-order valence-electron chi connectivity index (χ3n) is 6.49. The molecule has 0 atom stereocenters. The number of fused-ring (bicyclic) bond motifs is 3. The first-order valence-electron chi connectivity index (χ1n) is 12.0. The molecule has 0 unspecified atom stereocenters. The fraction of sp³-hybridized carbons (Fsp3) is 0.654. The molecule has 3 heterocycles. The zero-order valence-corrected chi connectivity index (χ0v) is 20.8. The van der Waals surface area contributed by atoms with Gasteiger partial charge >= 0.3 is 0 Å². The second-order valence-corrected chi connectivity index (χ2v) is 10.4. The molecule has 0 aliphatic carbocycles. The molecule has 1 saturated heterocycles. The first-order valence-corrected chi connectivity index (χ1v) is 12.0. The van der Waals surface area contributed by atoms with Gasteiger partial charge in [0.05, 0.1) is 30.4 Å². The van der Waals surface area contributed by atoms with Gasteiger partial charge in [-0.1, -0.05) is 0 Å². The van der Waals surface area contributed by atoms with Gasteiger partial charge in [0, 0.05) is 35.2 Å². The fourth-order valence-corrected chi connectivity index (χ4v) is 5.35. The Labute approximate surface area is 192 Å². The summed E-state index contributed by atoms with van der Waals surface area (Å²) in [4.78, 5) is 7.55. The summed E-state index contributed by atoms with van der Waals surface area (Å²) in [6.07, 6.45) is 3.64. The predicted molar refractivity (Wildman–Crippen MR) is 130 cm³/mol. The molecule has 0 bridgehead atoms. The van der Waals surface area contributed by atoms with Crippen LogP contribution in [-0.4, -0.2) is 49.3 Å². The highest BCUT2D eigenvalue weighted by molar-refractivity contribution is 5.90. The van der Waals surface area contributed by atoms with Gasteiger partial charge in [0.1, 0.15) is 5.82 Å². The molecular weight excluding hydrogens is 402 g/mol. The molecule has 6 heteroatoms. The minimum absolute atomic E-state index is 0.267. The topological polar surface area (TPSA) is 55.8 Å². The monoisotopic (exact) mass is 441 g/mol. The molecule has 0 radical (unpaired) electrons. The third kappa shape index (κ3) is 4.40. The minimum Gasteiger partial charge on any atom is -0.493 e. The number of ether oxygens (including phenoxy) is 3. The van der Waals surface area contributed by atoms with Gasteiger partial charge in [-0.25, -0.2) is 4.98 Å². The van der Waals surface area contributed by atoms with Crippen LogP contribution in [0.3, 0.4) is 0 Å². The number of anilines is 1. The van der Waals surface area contributed by atoms with Crippen LogP contribution in [0.1, 0.15) is 71.9 Å². The van der Waals surface area contributed by atoms with E-state index in [9.17, 15) is 0 Å². The lowest BCUT2D eigenvalue weighted by atomic mass is 9.87. The van der Waals surface area contributed by atoms with E-state index in [4.69, 9.17) is 19.2 Å². The maximum Gasteiger partial charge on any atom is 0.163 e. The summed E-state index contributed by atoms with van der Waals surface area (Å²) in [5, 5.41) is 4.61. The van der Waals surface area contributed by atoms with Crippen LogP contribution in [0.15, 0.2) is 12.1 Å². The summed E-state index contributed by atoms with van der Waals surface area (Å²) >= 11 is 0. The molecular formula is C26H39N3O3. The maximum atomic E-state index is 6.51. The summed E-state index contributed by atoms with van der Waals surface area (Å²) in [6, 6.07) is 4.36. The number of pyridine rings is 1. The van der Waals surface area contributed by atoms with E-state index in [0.29, 0.717) is 6.61 Å². The Morgan fingerprint density at radius 3 is 2.41 bits per heavy atom. The number of nitrogens with zero attached hydrogens (tertiary/aromatic N) is 2. The van der Waals surface area contributed by atoms with Crippen LogP contribution in [-0.2, 0) is 15.9 Å². The summed E-state index contributed by atoms with van der Waals surface area (Å²) in [5.74, 6) is 2.39. The SMILES string of the molecule is COc1cc2c3c(c(NC(C)C)nc2cc1OCCCN1CCCC1)C(C)(C)OC3(C)C. The summed E-state index contributed by atoms with van der Waals surface area (Å²) in [5.41, 5.74) is 2.34. The smallest absolute Gasteiger partial charge is 0.163 e. The molecule has 1 aromatic carbocycles. The van der Waals surface area contributed by atoms with Gasteiger partial charge in [-0.3, -0.25) is 0 Å². The van der Waals surface area contributed by atoms with E-state index in [-0.39, 0.29) is 6.04 Å². The summed E-state index contributed by atoms with van der Waals surface area (Å²) < 4.78 is 18.4. The van der Waals surface area contributed by atoms with Gasteiger partial charge in [-0.15, -0.1) is 0 Å². The highest BCUT2D eigenvalue weighted by Crippen LogP contribution is 2.52. The molecule has 176 valence electrons.